The van der Waals surface area contributed by atoms with E-state index in [0.29, 0.717) is 14.8 Å². The van der Waals surface area contributed by atoms with E-state index >= 15 is 0 Å². The van der Waals surface area contributed by atoms with Crippen LogP contribution in [0.1, 0.15) is 33.6 Å². The third kappa shape index (κ3) is 6.42. The molecule has 0 spiro atoms. The van der Waals surface area contributed by atoms with E-state index in [0.717, 1.165) is 5.56 Å². The van der Waals surface area contributed by atoms with Gasteiger partial charge >= 0.3 is 0 Å². The molecule has 1 aromatic heterocycles. The quantitative estimate of drug-likeness (QED) is 0.474. The van der Waals surface area contributed by atoms with Crippen molar-refractivity contribution in [3.05, 3.63) is 50.7 Å². The first-order valence-corrected chi connectivity index (χ1v) is 11.0. The molecule has 27 heavy (non-hydrogen) atoms. The van der Waals surface area contributed by atoms with Gasteiger partial charge in [-0.1, -0.05) is 23.7 Å². The Hall–Kier alpha value is -1.74. The number of nitrogens with one attached hydrogen (secondary N) is 2. The molecule has 6 nitrogen and oxygen atoms in total. The predicted octanol–water partition coefficient (Wildman–Crippen LogP) is 3.08. The second-order valence-corrected chi connectivity index (χ2v) is 9.49. The minimum absolute atomic E-state index is 0.0398. The molecule has 2 N–H and O–H groups in total. The van der Waals surface area contributed by atoms with Gasteiger partial charge in [-0.15, -0.1) is 11.3 Å². The summed E-state index contributed by atoms with van der Waals surface area (Å²) in [5, 5.41) is 2.60. The van der Waals surface area contributed by atoms with Gasteiger partial charge in [0.2, 0.25) is 15.9 Å². The summed E-state index contributed by atoms with van der Waals surface area (Å²) in [6.45, 7) is 3.76. The lowest BCUT2D eigenvalue weighted by atomic mass is 10.2. The fourth-order valence-corrected chi connectivity index (χ4v) is 4.73. The Bertz CT molecular complexity index is 939. The Labute approximate surface area is 168 Å². The lowest BCUT2D eigenvalue weighted by molar-refractivity contribution is -0.121. The summed E-state index contributed by atoms with van der Waals surface area (Å²) in [4.78, 5) is 24.5. The molecule has 1 heterocycles. The highest BCUT2D eigenvalue weighted by Gasteiger charge is 2.16. The van der Waals surface area contributed by atoms with Gasteiger partial charge in [0.1, 0.15) is 0 Å². The van der Waals surface area contributed by atoms with Crippen molar-refractivity contribution in [3.8, 4) is 0 Å². The van der Waals surface area contributed by atoms with E-state index in [-0.39, 0.29) is 42.5 Å². The first kappa shape index (κ1) is 21.6. The van der Waals surface area contributed by atoms with E-state index in [2.05, 4.69) is 10.0 Å². The molecule has 0 bridgehead atoms. The zero-order valence-electron chi connectivity index (χ0n) is 15.0. The standard InChI is InChI=1S/C18H21ClN2O4S2/c1-12-3-4-13(2)16(11-12)27(24,25)21-10-9-20-18(23)8-5-14(22)15-6-7-17(19)26-15/h3-4,6-7,11,21H,5,8-10H2,1-2H3,(H,20,23). The van der Waals surface area contributed by atoms with E-state index in [1.54, 1.807) is 31.2 Å². The van der Waals surface area contributed by atoms with Gasteiger partial charge in [0, 0.05) is 25.9 Å². The number of carbonyl (C=O) groups excluding carboxylic acids is 2. The van der Waals surface area contributed by atoms with Crippen molar-refractivity contribution in [3.63, 3.8) is 0 Å². The number of sulfonamides is 1. The fourth-order valence-electron chi connectivity index (χ4n) is 2.36. The second kappa shape index (κ2) is 9.45. The van der Waals surface area contributed by atoms with Crippen molar-refractivity contribution in [2.75, 3.05) is 13.1 Å². The van der Waals surface area contributed by atoms with Crippen LogP contribution in [0, 0.1) is 13.8 Å². The predicted molar refractivity (Wildman–Crippen MR) is 107 cm³/mol. The summed E-state index contributed by atoms with van der Waals surface area (Å²) in [6.07, 6.45) is 0.120. The van der Waals surface area contributed by atoms with Crippen LogP contribution < -0.4 is 10.0 Å². The Kier molecular flexibility index (Phi) is 7.55. The maximum Gasteiger partial charge on any atom is 0.240 e. The molecule has 0 unspecified atom stereocenters. The number of aryl methyl sites for hydroxylation is 2. The van der Waals surface area contributed by atoms with E-state index in [9.17, 15) is 18.0 Å². The van der Waals surface area contributed by atoms with Crippen molar-refractivity contribution < 1.29 is 18.0 Å². The summed E-state index contributed by atoms with van der Waals surface area (Å²) in [7, 11) is -3.64. The maximum absolute atomic E-state index is 12.3. The Morgan fingerprint density at radius 1 is 1.07 bits per heavy atom. The number of ketones is 1. The molecule has 9 heteroatoms. The highest BCUT2D eigenvalue weighted by Crippen LogP contribution is 2.22. The minimum atomic E-state index is -3.64. The number of halogens is 1. The second-order valence-electron chi connectivity index (χ2n) is 6.04. The van der Waals surface area contributed by atoms with E-state index in [1.165, 1.54) is 11.3 Å². The van der Waals surface area contributed by atoms with Gasteiger partial charge in [-0.25, -0.2) is 13.1 Å². The first-order valence-electron chi connectivity index (χ1n) is 8.31. The summed E-state index contributed by atoms with van der Waals surface area (Å²) in [6, 6.07) is 8.49. The molecule has 1 aromatic carbocycles. The number of hydrogen-bond donors (Lipinski definition) is 2. The van der Waals surface area contributed by atoms with Crippen LogP contribution in [0.3, 0.4) is 0 Å². The van der Waals surface area contributed by atoms with Crippen molar-refractivity contribution in [2.24, 2.45) is 0 Å². The zero-order chi connectivity index (χ0) is 20.0. The van der Waals surface area contributed by atoms with Gasteiger partial charge in [-0.2, -0.15) is 0 Å². The lowest BCUT2D eigenvalue weighted by Gasteiger charge is -2.10. The van der Waals surface area contributed by atoms with Crippen LogP contribution in [0.4, 0.5) is 0 Å². The average molecular weight is 429 g/mol. The number of carbonyl (C=O) groups is 2. The molecule has 0 atom stereocenters. The smallest absolute Gasteiger partial charge is 0.240 e. The summed E-state index contributed by atoms with van der Waals surface area (Å²) in [5.74, 6) is -0.449. The van der Waals surface area contributed by atoms with Crippen molar-refractivity contribution in [1.82, 2.24) is 10.0 Å². The maximum atomic E-state index is 12.3. The highest BCUT2D eigenvalue weighted by atomic mass is 35.5. The number of benzene rings is 1. The van der Waals surface area contributed by atoms with Gasteiger partial charge in [0.05, 0.1) is 14.1 Å². The lowest BCUT2D eigenvalue weighted by Crippen LogP contribution is -2.35. The molecule has 1 amide bonds. The number of amides is 1. The fraction of sp³-hybridized carbons (Fsp3) is 0.333. The van der Waals surface area contributed by atoms with Gasteiger partial charge in [0.15, 0.2) is 5.78 Å². The van der Waals surface area contributed by atoms with Crippen molar-refractivity contribution in [2.45, 2.75) is 31.6 Å². The van der Waals surface area contributed by atoms with Gasteiger partial charge < -0.3 is 5.32 Å². The molecule has 2 aromatic rings. The Morgan fingerprint density at radius 3 is 2.48 bits per heavy atom. The Balaban J connectivity index is 1.75. The number of Topliss-reactive ketones (excluding diaryl/α,β-unsaturated/α-hetero) is 1. The third-order valence-corrected chi connectivity index (χ3v) is 6.67. The van der Waals surface area contributed by atoms with Gasteiger partial charge in [-0.3, -0.25) is 9.59 Å². The average Bonchev–Trinajstić information content (AvgIpc) is 3.05. The third-order valence-electron chi connectivity index (χ3n) is 3.80. The molecule has 0 aliphatic rings. The van der Waals surface area contributed by atoms with E-state index in [1.807, 2.05) is 13.0 Å². The van der Waals surface area contributed by atoms with Crippen LogP contribution >= 0.6 is 22.9 Å². The van der Waals surface area contributed by atoms with Gasteiger partial charge in [0.25, 0.3) is 0 Å². The normalized spacial score (nSPS) is 11.4. The van der Waals surface area contributed by atoms with Crippen molar-refractivity contribution >= 4 is 44.7 Å². The summed E-state index contributed by atoms with van der Waals surface area (Å²) < 4.78 is 27.7. The van der Waals surface area contributed by atoms with Crippen LogP contribution in [0.5, 0.6) is 0 Å². The van der Waals surface area contributed by atoms with Crippen LogP contribution in [0.2, 0.25) is 4.34 Å². The first-order chi connectivity index (χ1) is 12.7. The largest absolute Gasteiger partial charge is 0.355 e. The monoisotopic (exact) mass is 428 g/mol. The number of thiophene rings is 1. The van der Waals surface area contributed by atoms with Gasteiger partial charge in [-0.05, 0) is 43.2 Å². The topological polar surface area (TPSA) is 92.3 Å². The van der Waals surface area contributed by atoms with Crippen LogP contribution in [-0.2, 0) is 14.8 Å². The summed E-state index contributed by atoms with van der Waals surface area (Å²) in [5.41, 5.74) is 1.51. The molecule has 0 saturated carbocycles. The van der Waals surface area contributed by atoms with Crippen LogP contribution in [-0.4, -0.2) is 33.2 Å². The molecular formula is C18H21ClN2O4S2. The van der Waals surface area contributed by atoms with Crippen LogP contribution in [0.25, 0.3) is 0 Å². The molecule has 0 aliphatic heterocycles. The molecule has 0 saturated heterocycles. The molecule has 0 radical (unpaired) electrons. The van der Waals surface area contributed by atoms with E-state index < -0.39 is 10.0 Å². The zero-order valence-corrected chi connectivity index (χ0v) is 17.4. The number of hydrogen-bond acceptors (Lipinski definition) is 5. The van der Waals surface area contributed by atoms with Crippen molar-refractivity contribution in [1.29, 1.82) is 0 Å². The highest BCUT2D eigenvalue weighted by molar-refractivity contribution is 7.89. The summed E-state index contributed by atoms with van der Waals surface area (Å²) >= 11 is 6.96. The van der Waals surface area contributed by atoms with Crippen LogP contribution in [0.15, 0.2) is 35.2 Å². The molecule has 2 rings (SSSR count). The van der Waals surface area contributed by atoms with E-state index in [4.69, 9.17) is 11.6 Å². The molecule has 146 valence electrons. The molecule has 0 fully saturated rings. The Morgan fingerprint density at radius 2 is 1.81 bits per heavy atom. The SMILES string of the molecule is Cc1ccc(C)c(S(=O)(=O)NCCNC(=O)CCC(=O)c2ccc(Cl)s2)c1. The molecule has 0 aliphatic carbocycles. The minimum Gasteiger partial charge on any atom is -0.355 e. The molecular weight excluding hydrogens is 408 g/mol. The number of rotatable bonds is 9.